The Labute approximate surface area is 143 Å². The second kappa shape index (κ2) is 6.77. The Morgan fingerprint density at radius 3 is 2.96 bits per heavy atom. The van der Waals surface area contributed by atoms with Crippen LogP contribution in [0.4, 0.5) is 0 Å². The van der Waals surface area contributed by atoms with Gasteiger partial charge in [0, 0.05) is 43.8 Å². The molecule has 1 aromatic heterocycles. The molecule has 0 amide bonds. The van der Waals surface area contributed by atoms with Crippen molar-refractivity contribution >= 4 is 16.7 Å². The molecule has 5 heteroatoms. The fourth-order valence-corrected chi connectivity index (χ4v) is 3.55. The molecular formula is C19H25N5. The average Bonchev–Trinajstić information content (AvgIpc) is 3.38. The Morgan fingerprint density at radius 1 is 1.25 bits per heavy atom. The van der Waals surface area contributed by atoms with Gasteiger partial charge < -0.3 is 10.6 Å². The molecule has 2 aliphatic rings. The van der Waals surface area contributed by atoms with Gasteiger partial charge in [0.25, 0.3) is 0 Å². The molecule has 0 bridgehead atoms. The molecule has 1 saturated carbocycles. The van der Waals surface area contributed by atoms with Crippen LogP contribution in [-0.4, -0.2) is 48.1 Å². The number of nitrogens with zero attached hydrogens (tertiary/aromatic N) is 3. The molecule has 126 valence electrons. The van der Waals surface area contributed by atoms with Crippen LogP contribution in [0.5, 0.6) is 0 Å². The standard InChI is InChI=1S/C19H25N5/c1-20-19(23-15-9-11-24(13-15)16-6-7-16)22-12-18-17-5-3-2-4-14(17)8-10-21-18/h2-5,8,10,15-16H,6-7,9,11-13H2,1H3,(H2,20,22,23). The summed E-state index contributed by atoms with van der Waals surface area (Å²) in [5.41, 5.74) is 1.06. The summed E-state index contributed by atoms with van der Waals surface area (Å²) in [6, 6.07) is 11.8. The molecule has 4 rings (SSSR count). The van der Waals surface area contributed by atoms with Gasteiger partial charge in [0.1, 0.15) is 0 Å². The van der Waals surface area contributed by atoms with Gasteiger partial charge in [-0.1, -0.05) is 24.3 Å². The third-order valence-corrected chi connectivity index (χ3v) is 5.03. The number of hydrogen-bond acceptors (Lipinski definition) is 3. The van der Waals surface area contributed by atoms with Crippen molar-refractivity contribution < 1.29 is 0 Å². The molecule has 0 spiro atoms. The van der Waals surface area contributed by atoms with Crippen molar-refractivity contribution in [3.63, 3.8) is 0 Å². The van der Waals surface area contributed by atoms with E-state index < -0.39 is 0 Å². The molecule has 5 nitrogen and oxygen atoms in total. The molecule has 1 unspecified atom stereocenters. The highest BCUT2D eigenvalue weighted by Gasteiger charge is 2.34. The lowest BCUT2D eigenvalue weighted by Gasteiger charge is -2.18. The number of benzene rings is 1. The molecule has 1 aliphatic carbocycles. The van der Waals surface area contributed by atoms with E-state index in [1.165, 1.54) is 36.6 Å². The van der Waals surface area contributed by atoms with Crippen LogP contribution in [0.15, 0.2) is 41.5 Å². The Kier molecular flexibility index (Phi) is 4.34. The van der Waals surface area contributed by atoms with Crippen LogP contribution in [0.2, 0.25) is 0 Å². The number of nitrogens with one attached hydrogen (secondary N) is 2. The Hall–Kier alpha value is -2.14. The van der Waals surface area contributed by atoms with Crippen LogP contribution in [0.1, 0.15) is 25.0 Å². The van der Waals surface area contributed by atoms with E-state index in [4.69, 9.17) is 0 Å². The van der Waals surface area contributed by atoms with Gasteiger partial charge in [-0.3, -0.25) is 14.9 Å². The molecule has 1 aromatic carbocycles. The molecule has 0 radical (unpaired) electrons. The number of likely N-dealkylation sites (tertiary alicyclic amines) is 1. The first-order valence-corrected chi connectivity index (χ1v) is 8.87. The van der Waals surface area contributed by atoms with Crippen LogP contribution >= 0.6 is 0 Å². The number of aromatic nitrogens is 1. The smallest absolute Gasteiger partial charge is 0.191 e. The summed E-state index contributed by atoms with van der Waals surface area (Å²) >= 11 is 0. The lowest BCUT2D eigenvalue weighted by molar-refractivity contribution is 0.321. The van der Waals surface area contributed by atoms with Gasteiger partial charge in [-0.15, -0.1) is 0 Å². The maximum absolute atomic E-state index is 4.53. The molecule has 2 heterocycles. The minimum Gasteiger partial charge on any atom is -0.352 e. The van der Waals surface area contributed by atoms with Crippen LogP contribution in [-0.2, 0) is 6.54 Å². The maximum atomic E-state index is 4.53. The second-order valence-corrected chi connectivity index (χ2v) is 6.76. The number of guanidine groups is 1. The van der Waals surface area contributed by atoms with Crippen LogP contribution in [0, 0.1) is 0 Å². The number of pyridine rings is 1. The van der Waals surface area contributed by atoms with E-state index >= 15 is 0 Å². The molecule has 2 aromatic rings. The first kappa shape index (κ1) is 15.4. The first-order chi connectivity index (χ1) is 11.8. The summed E-state index contributed by atoms with van der Waals surface area (Å²) in [5, 5.41) is 9.41. The molecule has 1 saturated heterocycles. The first-order valence-electron chi connectivity index (χ1n) is 8.87. The largest absolute Gasteiger partial charge is 0.352 e. The topological polar surface area (TPSA) is 52.6 Å². The minimum absolute atomic E-state index is 0.497. The summed E-state index contributed by atoms with van der Waals surface area (Å²) in [4.78, 5) is 11.5. The van der Waals surface area contributed by atoms with Crippen molar-refractivity contribution in [1.29, 1.82) is 0 Å². The second-order valence-electron chi connectivity index (χ2n) is 6.76. The van der Waals surface area contributed by atoms with Gasteiger partial charge in [-0.2, -0.15) is 0 Å². The molecule has 1 aliphatic heterocycles. The third-order valence-electron chi connectivity index (χ3n) is 5.03. The van der Waals surface area contributed by atoms with Crippen molar-refractivity contribution in [2.75, 3.05) is 20.1 Å². The maximum Gasteiger partial charge on any atom is 0.191 e. The van der Waals surface area contributed by atoms with Crippen molar-refractivity contribution in [3.8, 4) is 0 Å². The highest BCUT2D eigenvalue weighted by molar-refractivity contribution is 5.85. The number of rotatable bonds is 4. The van der Waals surface area contributed by atoms with E-state index in [1.54, 1.807) is 0 Å². The van der Waals surface area contributed by atoms with E-state index in [1.807, 2.05) is 13.2 Å². The summed E-state index contributed by atoms with van der Waals surface area (Å²) in [6.45, 7) is 3.03. The van der Waals surface area contributed by atoms with Crippen molar-refractivity contribution in [1.82, 2.24) is 20.5 Å². The molecule has 2 fully saturated rings. The minimum atomic E-state index is 0.497. The molecule has 1 atom stereocenters. The SMILES string of the molecule is CN=C(NCc1nccc2ccccc12)NC1CCN(C2CC2)C1. The average molecular weight is 323 g/mol. The van der Waals surface area contributed by atoms with Gasteiger partial charge in [0.15, 0.2) is 5.96 Å². The van der Waals surface area contributed by atoms with E-state index in [2.05, 4.69) is 55.8 Å². The van der Waals surface area contributed by atoms with Crippen molar-refractivity contribution in [2.24, 2.45) is 4.99 Å². The molecular weight excluding hydrogens is 298 g/mol. The highest BCUT2D eigenvalue weighted by atomic mass is 15.3. The van der Waals surface area contributed by atoms with Gasteiger partial charge in [0.05, 0.1) is 12.2 Å². The molecule has 2 N–H and O–H groups in total. The van der Waals surface area contributed by atoms with E-state index in [0.717, 1.165) is 24.2 Å². The zero-order valence-corrected chi connectivity index (χ0v) is 14.2. The lowest BCUT2D eigenvalue weighted by Crippen LogP contribution is -2.44. The zero-order valence-electron chi connectivity index (χ0n) is 14.2. The lowest BCUT2D eigenvalue weighted by atomic mass is 10.1. The van der Waals surface area contributed by atoms with Crippen LogP contribution in [0.3, 0.4) is 0 Å². The zero-order chi connectivity index (χ0) is 16.4. The quantitative estimate of drug-likeness (QED) is 0.669. The van der Waals surface area contributed by atoms with E-state index in [9.17, 15) is 0 Å². The summed E-state index contributed by atoms with van der Waals surface area (Å²) in [6.07, 6.45) is 5.84. The Bertz CT molecular complexity index is 732. The summed E-state index contributed by atoms with van der Waals surface area (Å²) < 4.78 is 0. The van der Waals surface area contributed by atoms with Crippen LogP contribution < -0.4 is 10.6 Å². The van der Waals surface area contributed by atoms with E-state index in [-0.39, 0.29) is 0 Å². The highest BCUT2D eigenvalue weighted by Crippen LogP contribution is 2.29. The third kappa shape index (κ3) is 3.36. The van der Waals surface area contributed by atoms with Crippen molar-refractivity contribution in [2.45, 2.75) is 37.9 Å². The van der Waals surface area contributed by atoms with Gasteiger partial charge in [-0.25, -0.2) is 0 Å². The van der Waals surface area contributed by atoms with Crippen LogP contribution in [0.25, 0.3) is 10.8 Å². The van der Waals surface area contributed by atoms with Gasteiger partial charge in [0.2, 0.25) is 0 Å². The van der Waals surface area contributed by atoms with Gasteiger partial charge >= 0.3 is 0 Å². The summed E-state index contributed by atoms with van der Waals surface area (Å²) in [7, 11) is 1.83. The normalized spacial score (nSPS) is 22.0. The number of fused-ring (bicyclic) bond motifs is 1. The number of hydrogen-bond donors (Lipinski definition) is 2. The Morgan fingerprint density at radius 2 is 2.12 bits per heavy atom. The fraction of sp³-hybridized carbons (Fsp3) is 0.474. The predicted octanol–water partition coefficient (Wildman–Crippen LogP) is 2.14. The fourth-order valence-electron chi connectivity index (χ4n) is 3.55. The summed E-state index contributed by atoms with van der Waals surface area (Å²) in [5.74, 6) is 0.868. The van der Waals surface area contributed by atoms with Gasteiger partial charge in [-0.05, 0) is 30.7 Å². The van der Waals surface area contributed by atoms with E-state index in [0.29, 0.717) is 12.6 Å². The Balaban J connectivity index is 1.36. The monoisotopic (exact) mass is 323 g/mol. The van der Waals surface area contributed by atoms with Crippen molar-refractivity contribution in [3.05, 3.63) is 42.2 Å². The predicted molar refractivity (Wildman–Crippen MR) is 98.1 cm³/mol. The number of aliphatic imine (C=N–C) groups is 1. The molecule has 24 heavy (non-hydrogen) atoms.